The number of aromatic nitrogens is 5. The van der Waals surface area contributed by atoms with Gasteiger partial charge in [0, 0.05) is 44.0 Å². The topological polar surface area (TPSA) is 87.0 Å². The highest BCUT2D eigenvalue weighted by Crippen LogP contribution is 2.28. The van der Waals surface area contributed by atoms with E-state index in [9.17, 15) is 0 Å². The SMILES string of the molecule is Cc1cccc(-c2ccn(-c3cc(N4CCOCC4)c4ncn(CCN)c4n3)n2)c1. The summed E-state index contributed by atoms with van der Waals surface area (Å²) in [6.07, 6.45) is 3.78. The summed E-state index contributed by atoms with van der Waals surface area (Å²) in [5.41, 5.74) is 11.8. The number of pyridine rings is 1. The highest BCUT2D eigenvalue weighted by molar-refractivity contribution is 5.87. The van der Waals surface area contributed by atoms with Crippen LogP contribution in [0, 0.1) is 6.92 Å². The first kappa shape index (κ1) is 18.8. The van der Waals surface area contributed by atoms with Gasteiger partial charge in [0.25, 0.3) is 0 Å². The summed E-state index contributed by atoms with van der Waals surface area (Å²) in [6.45, 7) is 6.37. The predicted octanol–water partition coefficient (Wildman–Crippen LogP) is 2.39. The molecule has 1 aliphatic heterocycles. The maximum atomic E-state index is 5.80. The zero-order valence-corrected chi connectivity index (χ0v) is 17.0. The molecule has 0 saturated carbocycles. The molecular weight excluding hydrogens is 378 g/mol. The lowest BCUT2D eigenvalue weighted by Gasteiger charge is -2.29. The van der Waals surface area contributed by atoms with Gasteiger partial charge in [-0.3, -0.25) is 0 Å². The van der Waals surface area contributed by atoms with Crippen molar-refractivity contribution in [2.45, 2.75) is 13.5 Å². The molecule has 154 valence electrons. The Morgan fingerprint density at radius 3 is 2.80 bits per heavy atom. The third-order valence-corrected chi connectivity index (χ3v) is 5.40. The number of aryl methyl sites for hydroxylation is 1. The fraction of sp³-hybridized carbons (Fsp3) is 0.318. The fourth-order valence-corrected chi connectivity index (χ4v) is 3.88. The Labute approximate surface area is 174 Å². The highest BCUT2D eigenvalue weighted by Gasteiger charge is 2.20. The van der Waals surface area contributed by atoms with Crippen LogP contribution in [0.15, 0.2) is 48.9 Å². The minimum absolute atomic E-state index is 0.531. The van der Waals surface area contributed by atoms with Gasteiger partial charge in [-0.05, 0) is 19.1 Å². The van der Waals surface area contributed by atoms with E-state index in [1.165, 1.54) is 5.56 Å². The van der Waals surface area contributed by atoms with Crippen LogP contribution >= 0.6 is 0 Å². The molecule has 0 bridgehead atoms. The number of benzene rings is 1. The minimum atomic E-state index is 0.531. The van der Waals surface area contributed by atoms with Crippen molar-refractivity contribution in [1.82, 2.24) is 24.3 Å². The molecular formula is C22H25N7O. The summed E-state index contributed by atoms with van der Waals surface area (Å²) in [4.78, 5) is 11.8. The quantitative estimate of drug-likeness (QED) is 0.551. The van der Waals surface area contributed by atoms with Gasteiger partial charge in [0.1, 0.15) is 5.52 Å². The molecule has 0 aliphatic carbocycles. The van der Waals surface area contributed by atoms with Crippen LogP contribution in [0.3, 0.4) is 0 Å². The summed E-state index contributed by atoms with van der Waals surface area (Å²) in [7, 11) is 0. The first-order chi connectivity index (χ1) is 14.7. The molecule has 0 radical (unpaired) electrons. The number of hydrogen-bond donors (Lipinski definition) is 1. The zero-order valence-electron chi connectivity index (χ0n) is 17.0. The van der Waals surface area contributed by atoms with E-state index in [-0.39, 0.29) is 0 Å². The molecule has 0 unspecified atom stereocenters. The van der Waals surface area contributed by atoms with Crippen LogP contribution in [-0.2, 0) is 11.3 Å². The molecule has 1 fully saturated rings. The van der Waals surface area contributed by atoms with E-state index in [1.807, 2.05) is 27.8 Å². The number of anilines is 1. The maximum absolute atomic E-state index is 5.80. The van der Waals surface area contributed by atoms with Crippen LogP contribution in [0.2, 0.25) is 0 Å². The van der Waals surface area contributed by atoms with Crippen molar-refractivity contribution < 1.29 is 4.74 Å². The Morgan fingerprint density at radius 1 is 1.13 bits per heavy atom. The van der Waals surface area contributed by atoms with E-state index < -0.39 is 0 Å². The van der Waals surface area contributed by atoms with Gasteiger partial charge >= 0.3 is 0 Å². The van der Waals surface area contributed by atoms with Gasteiger partial charge in [0.2, 0.25) is 0 Å². The monoisotopic (exact) mass is 403 g/mol. The molecule has 1 saturated heterocycles. The van der Waals surface area contributed by atoms with Crippen molar-refractivity contribution in [3.8, 4) is 17.1 Å². The number of morpholine rings is 1. The van der Waals surface area contributed by atoms with Crippen LogP contribution in [0.5, 0.6) is 0 Å². The third-order valence-electron chi connectivity index (χ3n) is 5.40. The van der Waals surface area contributed by atoms with Crippen molar-refractivity contribution in [3.05, 3.63) is 54.5 Å². The van der Waals surface area contributed by atoms with Crippen LogP contribution in [0.25, 0.3) is 28.2 Å². The summed E-state index contributed by atoms with van der Waals surface area (Å²) >= 11 is 0. The molecule has 4 heterocycles. The zero-order chi connectivity index (χ0) is 20.5. The summed E-state index contributed by atoms with van der Waals surface area (Å²) in [5.74, 6) is 0.765. The Kier molecular flexibility index (Phi) is 4.94. The number of nitrogens with zero attached hydrogens (tertiary/aromatic N) is 6. The molecule has 0 amide bonds. The molecule has 8 heteroatoms. The molecule has 2 N–H and O–H groups in total. The van der Waals surface area contributed by atoms with Crippen LogP contribution < -0.4 is 10.6 Å². The fourth-order valence-electron chi connectivity index (χ4n) is 3.88. The van der Waals surface area contributed by atoms with Gasteiger partial charge in [-0.2, -0.15) is 5.10 Å². The number of imidazole rings is 1. The molecule has 30 heavy (non-hydrogen) atoms. The molecule has 0 spiro atoms. The van der Waals surface area contributed by atoms with E-state index in [0.29, 0.717) is 26.3 Å². The van der Waals surface area contributed by atoms with Gasteiger partial charge in [0.15, 0.2) is 11.5 Å². The number of ether oxygens (including phenoxy) is 1. The lowest BCUT2D eigenvalue weighted by Crippen LogP contribution is -2.36. The summed E-state index contributed by atoms with van der Waals surface area (Å²) < 4.78 is 9.38. The molecule has 4 aromatic rings. The summed E-state index contributed by atoms with van der Waals surface area (Å²) in [6, 6.07) is 12.4. The molecule has 1 aromatic carbocycles. The standard InChI is InChI=1S/C22H25N7O/c1-16-3-2-4-17(13-16)18-5-7-29(26-18)20-14-19(27-9-11-30-12-10-27)21-22(25-20)28(8-6-23)15-24-21/h2-5,7,13-15H,6,8-12,23H2,1H3. The van der Waals surface area contributed by atoms with E-state index >= 15 is 0 Å². The molecule has 0 atom stereocenters. The van der Waals surface area contributed by atoms with E-state index in [1.54, 1.807) is 0 Å². The predicted molar refractivity (Wildman–Crippen MR) is 117 cm³/mol. The third kappa shape index (κ3) is 3.44. The van der Waals surface area contributed by atoms with Gasteiger partial charge in [-0.1, -0.05) is 23.8 Å². The van der Waals surface area contributed by atoms with Gasteiger partial charge in [-0.25, -0.2) is 14.6 Å². The number of fused-ring (bicyclic) bond motifs is 1. The van der Waals surface area contributed by atoms with Crippen LogP contribution in [0.4, 0.5) is 5.69 Å². The number of nitrogens with two attached hydrogens (primary N) is 1. The normalized spacial score (nSPS) is 14.5. The van der Waals surface area contributed by atoms with Crippen molar-refractivity contribution in [1.29, 1.82) is 0 Å². The van der Waals surface area contributed by atoms with Crippen molar-refractivity contribution in [2.75, 3.05) is 37.7 Å². The smallest absolute Gasteiger partial charge is 0.164 e. The van der Waals surface area contributed by atoms with E-state index in [4.69, 9.17) is 20.6 Å². The molecule has 8 nitrogen and oxygen atoms in total. The van der Waals surface area contributed by atoms with E-state index in [2.05, 4.69) is 47.1 Å². The molecule has 3 aromatic heterocycles. The second-order valence-electron chi connectivity index (χ2n) is 7.51. The highest BCUT2D eigenvalue weighted by atomic mass is 16.5. The van der Waals surface area contributed by atoms with Crippen LogP contribution in [-0.4, -0.2) is 57.2 Å². The second-order valence-corrected chi connectivity index (χ2v) is 7.51. The first-order valence-corrected chi connectivity index (χ1v) is 10.2. The molecule has 5 rings (SSSR count). The average molecular weight is 403 g/mol. The van der Waals surface area contributed by atoms with Crippen molar-refractivity contribution >= 4 is 16.9 Å². The average Bonchev–Trinajstić information content (AvgIpc) is 3.42. The first-order valence-electron chi connectivity index (χ1n) is 10.2. The maximum Gasteiger partial charge on any atom is 0.164 e. The Bertz CT molecular complexity index is 1170. The lowest BCUT2D eigenvalue weighted by molar-refractivity contribution is 0.123. The number of rotatable bonds is 5. The van der Waals surface area contributed by atoms with Gasteiger partial charge in [-0.15, -0.1) is 0 Å². The Balaban J connectivity index is 1.61. The molecule has 1 aliphatic rings. The lowest BCUT2D eigenvalue weighted by atomic mass is 10.1. The Hall–Kier alpha value is -3.23. The van der Waals surface area contributed by atoms with Gasteiger partial charge in [0.05, 0.1) is 30.9 Å². The van der Waals surface area contributed by atoms with Crippen molar-refractivity contribution in [3.63, 3.8) is 0 Å². The van der Waals surface area contributed by atoms with Crippen LogP contribution in [0.1, 0.15) is 5.56 Å². The Morgan fingerprint density at radius 2 is 2.00 bits per heavy atom. The van der Waals surface area contributed by atoms with E-state index in [0.717, 1.165) is 47.0 Å². The van der Waals surface area contributed by atoms with Crippen molar-refractivity contribution in [2.24, 2.45) is 5.73 Å². The summed E-state index contributed by atoms with van der Waals surface area (Å²) in [5, 5.41) is 4.80. The van der Waals surface area contributed by atoms with Gasteiger partial charge < -0.3 is 19.9 Å². The second kappa shape index (κ2) is 7.89. The largest absolute Gasteiger partial charge is 0.378 e. The number of hydrogen-bond acceptors (Lipinski definition) is 6. The minimum Gasteiger partial charge on any atom is -0.378 e.